The fraction of sp³-hybridized carbons (Fsp3) is 0.944. The van der Waals surface area contributed by atoms with Gasteiger partial charge in [0.05, 0.1) is 0 Å². The molecule has 0 amide bonds. The van der Waals surface area contributed by atoms with Crippen molar-refractivity contribution in [3.63, 3.8) is 0 Å². The van der Waals surface area contributed by atoms with E-state index in [1.54, 1.807) is 7.11 Å². The molecule has 0 radical (unpaired) electrons. The van der Waals surface area contributed by atoms with Crippen LogP contribution in [-0.4, -0.2) is 18.5 Å². The average Bonchev–Trinajstić information content (AvgIpc) is 2.43. The van der Waals surface area contributed by atoms with Crippen molar-refractivity contribution in [1.82, 2.24) is 0 Å². The number of ketones is 1. The number of Topliss-reactive ketones (excluding diaryl/α,β-unsaturated/α-hetero) is 1. The van der Waals surface area contributed by atoms with Gasteiger partial charge in [-0.05, 0) is 31.1 Å². The molecule has 1 aliphatic rings. The van der Waals surface area contributed by atoms with E-state index in [1.807, 2.05) is 0 Å². The van der Waals surface area contributed by atoms with Gasteiger partial charge in [0, 0.05) is 13.5 Å². The summed E-state index contributed by atoms with van der Waals surface area (Å²) in [5.41, 5.74) is -0.462. The SMILES string of the molecule is COC1(C(=O)CCCCCCC(C)C)CCCCC1C. The molecular formula is C18H34O2. The largest absolute Gasteiger partial charge is 0.370 e. The van der Waals surface area contributed by atoms with Gasteiger partial charge in [-0.2, -0.15) is 0 Å². The number of hydrogen-bond donors (Lipinski definition) is 0. The minimum Gasteiger partial charge on any atom is -0.370 e. The summed E-state index contributed by atoms with van der Waals surface area (Å²) >= 11 is 0. The molecule has 118 valence electrons. The summed E-state index contributed by atoms with van der Waals surface area (Å²) in [4.78, 5) is 12.6. The third-order valence-electron chi connectivity index (χ3n) is 5.00. The van der Waals surface area contributed by atoms with E-state index in [-0.39, 0.29) is 0 Å². The standard InChI is InChI=1S/C18H34O2/c1-15(2)11-7-5-6-8-13-17(19)18(20-4)14-10-9-12-16(18)3/h15-16H,5-14H2,1-4H3. The van der Waals surface area contributed by atoms with Crippen molar-refractivity contribution in [3.05, 3.63) is 0 Å². The smallest absolute Gasteiger partial charge is 0.164 e. The van der Waals surface area contributed by atoms with Crippen molar-refractivity contribution in [3.8, 4) is 0 Å². The second-order valence-corrected chi connectivity index (χ2v) is 7.01. The molecule has 0 aromatic rings. The van der Waals surface area contributed by atoms with Crippen molar-refractivity contribution < 1.29 is 9.53 Å². The van der Waals surface area contributed by atoms with Gasteiger partial charge in [0.2, 0.25) is 0 Å². The Bertz CT molecular complexity index is 285. The van der Waals surface area contributed by atoms with Gasteiger partial charge in [0.25, 0.3) is 0 Å². The van der Waals surface area contributed by atoms with Crippen LogP contribution in [0.4, 0.5) is 0 Å². The van der Waals surface area contributed by atoms with Crippen LogP contribution in [0.15, 0.2) is 0 Å². The molecule has 0 saturated heterocycles. The number of carbonyl (C=O) groups is 1. The lowest BCUT2D eigenvalue weighted by molar-refractivity contribution is -0.152. The van der Waals surface area contributed by atoms with Crippen molar-refractivity contribution in [2.24, 2.45) is 11.8 Å². The predicted molar refractivity (Wildman–Crippen MR) is 84.9 cm³/mol. The second kappa shape index (κ2) is 8.81. The van der Waals surface area contributed by atoms with Gasteiger partial charge in [0.15, 0.2) is 5.78 Å². The summed E-state index contributed by atoms with van der Waals surface area (Å²) in [6.07, 6.45) is 11.3. The Kier molecular flexibility index (Phi) is 7.79. The fourth-order valence-electron chi connectivity index (χ4n) is 3.55. The third kappa shape index (κ3) is 4.87. The fourth-order valence-corrected chi connectivity index (χ4v) is 3.55. The monoisotopic (exact) mass is 282 g/mol. The zero-order valence-electron chi connectivity index (χ0n) is 14.0. The zero-order valence-corrected chi connectivity index (χ0v) is 14.0. The Labute approximate surface area is 125 Å². The van der Waals surface area contributed by atoms with E-state index in [2.05, 4.69) is 20.8 Å². The Morgan fingerprint density at radius 1 is 1.20 bits per heavy atom. The topological polar surface area (TPSA) is 26.3 Å². The van der Waals surface area contributed by atoms with Crippen LogP contribution in [-0.2, 0) is 9.53 Å². The molecule has 1 saturated carbocycles. The maximum Gasteiger partial charge on any atom is 0.164 e. The molecule has 0 aromatic heterocycles. The quantitative estimate of drug-likeness (QED) is 0.547. The second-order valence-electron chi connectivity index (χ2n) is 7.01. The summed E-state index contributed by atoms with van der Waals surface area (Å²) in [6, 6.07) is 0. The van der Waals surface area contributed by atoms with Crippen molar-refractivity contribution >= 4 is 5.78 Å². The number of unbranched alkanes of at least 4 members (excludes halogenated alkanes) is 3. The zero-order chi connectivity index (χ0) is 15.0. The molecule has 0 bridgehead atoms. The van der Waals surface area contributed by atoms with Gasteiger partial charge >= 0.3 is 0 Å². The lowest BCUT2D eigenvalue weighted by Crippen LogP contribution is -2.48. The van der Waals surface area contributed by atoms with Crippen molar-refractivity contribution in [2.75, 3.05) is 7.11 Å². The molecular weight excluding hydrogens is 248 g/mol. The van der Waals surface area contributed by atoms with Crippen LogP contribution in [0.25, 0.3) is 0 Å². The first-order valence-electron chi connectivity index (χ1n) is 8.61. The lowest BCUT2D eigenvalue weighted by Gasteiger charge is -2.40. The molecule has 0 heterocycles. The van der Waals surface area contributed by atoms with E-state index in [4.69, 9.17) is 4.74 Å². The van der Waals surface area contributed by atoms with Crippen molar-refractivity contribution in [1.29, 1.82) is 0 Å². The van der Waals surface area contributed by atoms with E-state index in [0.717, 1.165) is 31.6 Å². The molecule has 0 aliphatic heterocycles. The van der Waals surface area contributed by atoms with Crippen LogP contribution in [0.5, 0.6) is 0 Å². The summed E-state index contributed by atoms with van der Waals surface area (Å²) in [5.74, 6) is 1.54. The molecule has 0 N–H and O–H groups in total. The number of hydrogen-bond acceptors (Lipinski definition) is 2. The first kappa shape index (κ1) is 17.7. The van der Waals surface area contributed by atoms with Gasteiger partial charge in [-0.3, -0.25) is 4.79 Å². The Balaban J connectivity index is 2.29. The maximum absolute atomic E-state index is 12.6. The Hall–Kier alpha value is -0.370. The Morgan fingerprint density at radius 2 is 1.90 bits per heavy atom. The van der Waals surface area contributed by atoms with Crippen LogP contribution >= 0.6 is 0 Å². The lowest BCUT2D eigenvalue weighted by atomic mass is 9.72. The number of carbonyl (C=O) groups excluding carboxylic acids is 1. The van der Waals surface area contributed by atoms with E-state index in [9.17, 15) is 4.79 Å². The molecule has 2 nitrogen and oxygen atoms in total. The van der Waals surface area contributed by atoms with Gasteiger partial charge in [-0.25, -0.2) is 0 Å². The number of ether oxygens (including phenoxy) is 1. The summed E-state index contributed by atoms with van der Waals surface area (Å²) in [7, 11) is 1.72. The highest BCUT2D eigenvalue weighted by Crippen LogP contribution is 2.38. The van der Waals surface area contributed by atoms with E-state index < -0.39 is 5.60 Å². The number of rotatable bonds is 9. The van der Waals surface area contributed by atoms with Gasteiger partial charge < -0.3 is 4.74 Å². The molecule has 0 spiro atoms. The van der Waals surface area contributed by atoms with Gasteiger partial charge in [-0.1, -0.05) is 59.3 Å². The molecule has 1 aliphatic carbocycles. The minimum absolute atomic E-state index is 0.357. The maximum atomic E-state index is 12.6. The minimum atomic E-state index is -0.462. The highest BCUT2D eigenvalue weighted by molar-refractivity contribution is 5.87. The normalized spacial score (nSPS) is 26.9. The van der Waals surface area contributed by atoms with Crippen LogP contribution in [0.2, 0.25) is 0 Å². The van der Waals surface area contributed by atoms with E-state index >= 15 is 0 Å². The van der Waals surface area contributed by atoms with Crippen LogP contribution in [0.1, 0.15) is 85.0 Å². The van der Waals surface area contributed by atoms with Crippen LogP contribution in [0.3, 0.4) is 0 Å². The van der Waals surface area contributed by atoms with Crippen LogP contribution in [0, 0.1) is 11.8 Å². The molecule has 2 unspecified atom stereocenters. The molecule has 0 aromatic carbocycles. The molecule has 1 fully saturated rings. The van der Waals surface area contributed by atoms with E-state index in [0.29, 0.717) is 18.1 Å². The molecule has 2 atom stereocenters. The highest BCUT2D eigenvalue weighted by atomic mass is 16.5. The first-order valence-corrected chi connectivity index (χ1v) is 8.61. The summed E-state index contributed by atoms with van der Waals surface area (Å²) in [6.45, 7) is 6.73. The summed E-state index contributed by atoms with van der Waals surface area (Å²) < 4.78 is 5.71. The van der Waals surface area contributed by atoms with Crippen LogP contribution < -0.4 is 0 Å². The predicted octanol–water partition coefficient (Wildman–Crippen LogP) is 5.15. The molecule has 20 heavy (non-hydrogen) atoms. The molecule has 1 rings (SSSR count). The highest BCUT2D eigenvalue weighted by Gasteiger charge is 2.44. The van der Waals surface area contributed by atoms with E-state index in [1.165, 1.54) is 32.1 Å². The first-order chi connectivity index (χ1) is 9.53. The number of methoxy groups -OCH3 is 1. The van der Waals surface area contributed by atoms with Crippen molar-refractivity contribution in [2.45, 2.75) is 90.6 Å². The average molecular weight is 282 g/mol. The van der Waals surface area contributed by atoms with Gasteiger partial charge in [-0.15, -0.1) is 0 Å². The van der Waals surface area contributed by atoms with Gasteiger partial charge in [0.1, 0.15) is 5.60 Å². The molecule has 2 heteroatoms. The third-order valence-corrected chi connectivity index (χ3v) is 5.00. The summed E-state index contributed by atoms with van der Waals surface area (Å²) in [5, 5.41) is 0. The Morgan fingerprint density at radius 3 is 2.50 bits per heavy atom.